The SMILES string of the molecule is O=P(OCc1ccccc1)(OCc1ccccc1)C1CCCCN1. The van der Waals surface area contributed by atoms with E-state index in [1.54, 1.807) is 0 Å². The second-order valence-electron chi connectivity index (χ2n) is 6.02. The molecule has 1 N–H and O–H groups in total. The van der Waals surface area contributed by atoms with E-state index in [0.717, 1.165) is 36.9 Å². The molecule has 1 saturated heterocycles. The van der Waals surface area contributed by atoms with Crippen molar-refractivity contribution in [1.82, 2.24) is 5.32 Å². The van der Waals surface area contributed by atoms with Gasteiger partial charge in [-0.15, -0.1) is 0 Å². The first-order chi connectivity index (χ1) is 11.8. The molecule has 2 aromatic carbocycles. The summed E-state index contributed by atoms with van der Waals surface area (Å²) in [7, 11) is -3.24. The molecule has 1 fully saturated rings. The van der Waals surface area contributed by atoms with Crippen LogP contribution in [0, 0.1) is 0 Å². The largest absolute Gasteiger partial charge is 0.348 e. The fourth-order valence-electron chi connectivity index (χ4n) is 2.80. The van der Waals surface area contributed by atoms with Crippen LogP contribution in [0.25, 0.3) is 0 Å². The second-order valence-corrected chi connectivity index (χ2v) is 8.24. The highest BCUT2D eigenvalue weighted by atomic mass is 31.2. The summed E-state index contributed by atoms with van der Waals surface area (Å²) in [6, 6.07) is 19.6. The minimum Gasteiger partial charge on any atom is -0.304 e. The average Bonchev–Trinajstić information content (AvgIpc) is 2.67. The van der Waals surface area contributed by atoms with Crippen molar-refractivity contribution in [3.8, 4) is 0 Å². The van der Waals surface area contributed by atoms with E-state index < -0.39 is 7.60 Å². The number of rotatable bonds is 7. The standard InChI is InChI=1S/C19H24NO3P/c21-24(19-13-7-8-14-20-19,22-15-17-9-3-1-4-10-17)23-16-18-11-5-2-6-12-18/h1-6,9-12,19-20H,7-8,13-16H2. The van der Waals surface area contributed by atoms with E-state index in [1.807, 2.05) is 60.7 Å². The van der Waals surface area contributed by atoms with Gasteiger partial charge >= 0.3 is 7.60 Å². The third kappa shape index (κ3) is 4.78. The molecule has 0 amide bonds. The van der Waals surface area contributed by atoms with Gasteiger partial charge in [-0.1, -0.05) is 60.7 Å². The molecule has 0 aliphatic carbocycles. The number of hydrogen-bond donors (Lipinski definition) is 1. The highest BCUT2D eigenvalue weighted by molar-refractivity contribution is 7.54. The quantitative estimate of drug-likeness (QED) is 0.738. The van der Waals surface area contributed by atoms with Crippen LogP contribution in [0.1, 0.15) is 30.4 Å². The van der Waals surface area contributed by atoms with E-state index in [4.69, 9.17) is 9.05 Å². The maximum atomic E-state index is 13.4. The van der Waals surface area contributed by atoms with Crippen molar-refractivity contribution in [2.24, 2.45) is 0 Å². The number of nitrogens with one attached hydrogen (secondary N) is 1. The molecule has 1 aliphatic heterocycles. The van der Waals surface area contributed by atoms with Gasteiger partial charge in [0, 0.05) is 0 Å². The molecule has 0 aromatic heterocycles. The monoisotopic (exact) mass is 345 g/mol. The highest BCUT2D eigenvalue weighted by Gasteiger charge is 2.37. The molecule has 128 valence electrons. The summed E-state index contributed by atoms with van der Waals surface area (Å²) >= 11 is 0. The lowest BCUT2D eigenvalue weighted by atomic mass is 10.2. The summed E-state index contributed by atoms with van der Waals surface area (Å²) < 4.78 is 25.1. The Morgan fingerprint density at radius 1 is 0.875 bits per heavy atom. The number of hydrogen-bond acceptors (Lipinski definition) is 4. The highest BCUT2D eigenvalue weighted by Crippen LogP contribution is 2.55. The molecule has 0 radical (unpaired) electrons. The predicted molar refractivity (Wildman–Crippen MR) is 95.7 cm³/mol. The zero-order chi connectivity index (χ0) is 16.7. The maximum absolute atomic E-state index is 13.4. The van der Waals surface area contributed by atoms with Gasteiger partial charge < -0.3 is 14.4 Å². The van der Waals surface area contributed by atoms with E-state index in [-0.39, 0.29) is 5.78 Å². The summed E-state index contributed by atoms with van der Waals surface area (Å²) in [5.41, 5.74) is 1.99. The maximum Gasteiger partial charge on any atom is 0.348 e. The van der Waals surface area contributed by atoms with Crippen molar-refractivity contribution in [2.75, 3.05) is 6.54 Å². The molecule has 0 bridgehead atoms. The molecule has 0 spiro atoms. The van der Waals surface area contributed by atoms with Gasteiger partial charge in [0.2, 0.25) is 0 Å². The molecule has 2 aromatic rings. The van der Waals surface area contributed by atoms with Gasteiger partial charge in [0.1, 0.15) is 5.78 Å². The van der Waals surface area contributed by atoms with Crippen LogP contribution >= 0.6 is 7.60 Å². The Labute approximate surface area is 143 Å². The van der Waals surface area contributed by atoms with Crippen molar-refractivity contribution < 1.29 is 13.6 Å². The fourth-order valence-corrected chi connectivity index (χ4v) is 4.74. The van der Waals surface area contributed by atoms with Crippen LogP contribution in [0.5, 0.6) is 0 Å². The van der Waals surface area contributed by atoms with E-state index in [2.05, 4.69) is 5.32 Å². The molecule has 0 saturated carbocycles. The number of piperidine rings is 1. The molecule has 24 heavy (non-hydrogen) atoms. The summed E-state index contributed by atoms with van der Waals surface area (Å²) in [5, 5.41) is 3.32. The first kappa shape index (κ1) is 17.4. The lowest BCUT2D eigenvalue weighted by Crippen LogP contribution is -2.35. The van der Waals surface area contributed by atoms with E-state index in [9.17, 15) is 4.57 Å². The summed E-state index contributed by atoms with van der Waals surface area (Å²) in [6.07, 6.45) is 2.97. The van der Waals surface area contributed by atoms with Crippen molar-refractivity contribution >= 4 is 7.60 Å². The summed E-state index contributed by atoms with van der Waals surface area (Å²) in [4.78, 5) is 0. The Kier molecular flexibility index (Phi) is 6.22. The molecular weight excluding hydrogens is 321 g/mol. The Balaban J connectivity index is 1.68. The van der Waals surface area contributed by atoms with Crippen molar-refractivity contribution in [3.05, 3.63) is 71.8 Å². The van der Waals surface area contributed by atoms with Crippen LogP contribution in [0.3, 0.4) is 0 Å². The zero-order valence-corrected chi connectivity index (χ0v) is 14.7. The van der Waals surface area contributed by atoms with Crippen LogP contribution in [0.2, 0.25) is 0 Å². The van der Waals surface area contributed by atoms with E-state index in [1.165, 1.54) is 0 Å². The van der Waals surface area contributed by atoms with Crippen LogP contribution in [-0.2, 0) is 26.8 Å². The topological polar surface area (TPSA) is 47.6 Å². The first-order valence-electron chi connectivity index (χ1n) is 8.46. The Bertz CT molecular complexity index is 609. The predicted octanol–water partition coefficient (Wildman–Crippen LogP) is 4.71. The second kappa shape index (κ2) is 8.59. The van der Waals surface area contributed by atoms with Crippen LogP contribution in [-0.4, -0.2) is 12.3 Å². The van der Waals surface area contributed by atoms with Crippen molar-refractivity contribution in [3.63, 3.8) is 0 Å². The molecule has 1 unspecified atom stereocenters. The van der Waals surface area contributed by atoms with Crippen LogP contribution in [0.15, 0.2) is 60.7 Å². The third-order valence-corrected chi connectivity index (χ3v) is 6.36. The first-order valence-corrected chi connectivity index (χ1v) is 10.1. The van der Waals surface area contributed by atoms with Gasteiger partial charge in [-0.3, -0.25) is 4.57 Å². The molecule has 5 heteroatoms. The van der Waals surface area contributed by atoms with Gasteiger partial charge in [0.15, 0.2) is 0 Å². The van der Waals surface area contributed by atoms with Gasteiger partial charge in [0.05, 0.1) is 13.2 Å². The third-order valence-electron chi connectivity index (χ3n) is 4.17. The average molecular weight is 345 g/mol. The van der Waals surface area contributed by atoms with Crippen LogP contribution < -0.4 is 5.32 Å². The Morgan fingerprint density at radius 3 is 1.88 bits per heavy atom. The van der Waals surface area contributed by atoms with Crippen molar-refractivity contribution in [1.29, 1.82) is 0 Å². The zero-order valence-electron chi connectivity index (χ0n) is 13.8. The smallest absolute Gasteiger partial charge is 0.304 e. The van der Waals surface area contributed by atoms with Gasteiger partial charge in [-0.05, 0) is 36.9 Å². The minimum absolute atomic E-state index is 0.223. The van der Waals surface area contributed by atoms with Gasteiger partial charge in [-0.2, -0.15) is 0 Å². The van der Waals surface area contributed by atoms with E-state index in [0.29, 0.717) is 13.2 Å². The summed E-state index contributed by atoms with van der Waals surface area (Å²) in [5.74, 6) is -0.223. The minimum atomic E-state index is -3.24. The molecule has 1 aliphatic rings. The molecular formula is C19H24NO3P. The lowest BCUT2D eigenvalue weighted by molar-refractivity contribution is 0.175. The number of benzene rings is 2. The normalized spacial score (nSPS) is 18.4. The summed E-state index contributed by atoms with van der Waals surface area (Å²) in [6.45, 7) is 1.45. The van der Waals surface area contributed by atoms with Crippen molar-refractivity contribution in [2.45, 2.75) is 38.3 Å². The molecule has 1 atom stereocenters. The molecule has 4 nitrogen and oxygen atoms in total. The Hall–Kier alpha value is -1.45. The van der Waals surface area contributed by atoms with Gasteiger partial charge in [-0.25, -0.2) is 0 Å². The fraction of sp³-hybridized carbons (Fsp3) is 0.368. The Morgan fingerprint density at radius 2 is 1.42 bits per heavy atom. The lowest BCUT2D eigenvalue weighted by Gasteiger charge is -2.30. The van der Waals surface area contributed by atoms with Crippen LogP contribution in [0.4, 0.5) is 0 Å². The van der Waals surface area contributed by atoms with Gasteiger partial charge in [0.25, 0.3) is 0 Å². The molecule has 3 rings (SSSR count). The molecule has 1 heterocycles. The van der Waals surface area contributed by atoms with E-state index >= 15 is 0 Å².